The van der Waals surface area contributed by atoms with Gasteiger partial charge in [0.25, 0.3) is 11.8 Å². The fourth-order valence-corrected chi connectivity index (χ4v) is 2.70. The molecule has 2 aromatic carbocycles. The molecule has 0 saturated heterocycles. The molecule has 27 heavy (non-hydrogen) atoms. The van der Waals surface area contributed by atoms with Crippen molar-refractivity contribution in [3.8, 4) is 0 Å². The number of hydrogen-bond donors (Lipinski definition) is 2. The average molecular weight is 364 g/mol. The first-order valence-corrected chi connectivity index (χ1v) is 8.22. The normalized spacial score (nSPS) is 13.1. The van der Waals surface area contributed by atoms with Crippen molar-refractivity contribution in [2.24, 2.45) is 0 Å². The van der Waals surface area contributed by atoms with Gasteiger partial charge in [0.15, 0.2) is 0 Å². The molecule has 1 heterocycles. The molecule has 0 fully saturated rings. The van der Waals surface area contributed by atoms with E-state index in [0.29, 0.717) is 5.69 Å². The molecule has 0 bridgehead atoms. The Morgan fingerprint density at radius 1 is 1.00 bits per heavy atom. The summed E-state index contributed by atoms with van der Waals surface area (Å²) < 4.78 is 0. The first-order valence-electron chi connectivity index (χ1n) is 8.22. The number of fused-ring (bicyclic) bond motifs is 1. The van der Waals surface area contributed by atoms with Crippen LogP contribution in [0.4, 0.5) is 5.69 Å². The molecule has 7 heteroatoms. The molecule has 1 aliphatic rings. The number of rotatable bonds is 6. The Kier molecular flexibility index (Phi) is 5.12. The number of hydrogen-bond acceptors (Lipinski definition) is 4. The third-order valence-electron chi connectivity index (χ3n) is 4.01. The fraction of sp³-hybridized carbons (Fsp3) is 0.100. The molecule has 1 aliphatic heterocycles. The van der Waals surface area contributed by atoms with Gasteiger partial charge in [0.1, 0.15) is 0 Å². The Balaban J connectivity index is 1.71. The highest BCUT2D eigenvalue weighted by molar-refractivity contribution is 6.22. The van der Waals surface area contributed by atoms with E-state index in [2.05, 4.69) is 5.32 Å². The zero-order valence-corrected chi connectivity index (χ0v) is 14.2. The van der Waals surface area contributed by atoms with Crippen molar-refractivity contribution in [3.63, 3.8) is 0 Å². The molecule has 3 rings (SSSR count). The number of carbonyl (C=O) groups is 4. The summed E-state index contributed by atoms with van der Waals surface area (Å²) in [5.74, 6) is -2.56. The number of nitrogens with one attached hydrogen (secondary N) is 1. The number of anilines is 1. The summed E-state index contributed by atoms with van der Waals surface area (Å²) >= 11 is 0. The molecule has 0 aromatic heterocycles. The van der Waals surface area contributed by atoms with E-state index in [0.717, 1.165) is 10.5 Å². The van der Waals surface area contributed by atoms with Crippen molar-refractivity contribution < 1.29 is 24.3 Å². The first kappa shape index (κ1) is 18.1. The number of carbonyl (C=O) groups excluding carboxylic acids is 3. The lowest BCUT2D eigenvalue weighted by molar-refractivity contribution is -0.137. The van der Waals surface area contributed by atoms with Crippen LogP contribution in [-0.4, -0.2) is 40.2 Å². The van der Waals surface area contributed by atoms with Crippen molar-refractivity contribution in [1.82, 2.24) is 4.90 Å². The maximum Gasteiger partial charge on any atom is 0.305 e. The Labute approximate surface area is 154 Å². The summed E-state index contributed by atoms with van der Waals surface area (Å²) in [6, 6.07) is 13.7. The van der Waals surface area contributed by atoms with E-state index in [1.807, 2.05) is 30.3 Å². The number of aliphatic carboxylic acids is 1. The second-order valence-electron chi connectivity index (χ2n) is 5.90. The molecule has 3 amide bonds. The Morgan fingerprint density at radius 3 is 2.41 bits per heavy atom. The lowest BCUT2D eigenvalue weighted by Gasteiger charge is -2.11. The molecule has 0 saturated carbocycles. The van der Waals surface area contributed by atoms with Gasteiger partial charge in [-0.2, -0.15) is 0 Å². The summed E-state index contributed by atoms with van der Waals surface area (Å²) in [5.41, 5.74) is 1.59. The summed E-state index contributed by atoms with van der Waals surface area (Å²) in [6.45, 7) is -0.191. The molecule has 0 atom stereocenters. The van der Waals surface area contributed by atoms with Crippen LogP contribution in [0.1, 0.15) is 32.7 Å². The lowest BCUT2D eigenvalue weighted by atomic mass is 10.1. The highest BCUT2D eigenvalue weighted by Crippen LogP contribution is 2.26. The summed E-state index contributed by atoms with van der Waals surface area (Å²) in [4.78, 5) is 48.2. The van der Waals surface area contributed by atoms with Gasteiger partial charge in [-0.15, -0.1) is 0 Å². The first-order chi connectivity index (χ1) is 13.0. The van der Waals surface area contributed by atoms with E-state index in [1.165, 1.54) is 24.3 Å². The van der Waals surface area contributed by atoms with Crippen molar-refractivity contribution in [2.45, 2.75) is 6.42 Å². The smallest absolute Gasteiger partial charge is 0.305 e. The number of carboxylic acids is 1. The maximum atomic E-state index is 12.4. The number of benzene rings is 2. The van der Waals surface area contributed by atoms with Gasteiger partial charge >= 0.3 is 5.97 Å². The standard InChI is InChI=1S/C20H16N2O5/c23-17(9-6-13-4-2-1-3-5-13)21-14-7-8-15-16(12-14)20(27)22(19(15)26)11-10-18(24)25/h1-9,12H,10-11H2,(H,21,23)(H,24,25). The van der Waals surface area contributed by atoms with Gasteiger partial charge in [-0.1, -0.05) is 30.3 Å². The van der Waals surface area contributed by atoms with Crippen molar-refractivity contribution in [2.75, 3.05) is 11.9 Å². The molecule has 136 valence electrons. The predicted molar refractivity (Wildman–Crippen MR) is 98.2 cm³/mol. The van der Waals surface area contributed by atoms with E-state index in [9.17, 15) is 19.2 Å². The second-order valence-corrected chi connectivity index (χ2v) is 5.90. The molecule has 0 radical (unpaired) electrons. The third-order valence-corrected chi connectivity index (χ3v) is 4.01. The fourth-order valence-electron chi connectivity index (χ4n) is 2.70. The van der Waals surface area contributed by atoms with Crippen LogP contribution in [0.3, 0.4) is 0 Å². The highest BCUT2D eigenvalue weighted by Gasteiger charge is 2.35. The van der Waals surface area contributed by atoms with Gasteiger partial charge in [0.05, 0.1) is 17.5 Å². The monoisotopic (exact) mass is 364 g/mol. The van der Waals surface area contributed by atoms with Gasteiger partial charge in [-0.05, 0) is 29.8 Å². The Hall–Kier alpha value is -3.74. The maximum absolute atomic E-state index is 12.4. The zero-order chi connectivity index (χ0) is 19.4. The molecule has 2 N–H and O–H groups in total. The van der Waals surface area contributed by atoms with Crippen LogP contribution in [0.5, 0.6) is 0 Å². The largest absolute Gasteiger partial charge is 0.481 e. The number of nitrogens with zero attached hydrogens (tertiary/aromatic N) is 1. The van der Waals surface area contributed by atoms with E-state index < -0.39 is 17.8 Å². The minimum Gasteiger partial charge on any atom is -0.481 e. The number of amides is 3. The molecular formula is C20H16N2O5. The van der Waals surface area contributed by atoms with Crippen molar-refractivity contribution >= 4 is 35.5 Å². The van der Waals surface area contributed by atoms with Crippen LogP contribution in [0.25, 0.3) is 6.08 Å². The lowest BCUT2D eigenvalue weighted by Crippen LogP contribution is -2.31. The van der Waals surface area contributed by atoms with E-state index in [1.54, 1.807) is 6.08 Å². The Morgan fingerprint density at radius 2 is 1.70 bits per heavy atom. The summed E-state index contributed by atoms with van der Waals surface area (Å²) in [6.07, 6.45) is 2.71. The van der Waals surface area contributed by atoms with E-state index in [-0.39, 0.29) is 30.0 Å². The van der Waals surface area contributed by atoms with Gasteiger partial charge in [-0.3, -0.25) is 24.1 Å². The van der Waals surface area contributed by atoms with Gasteiger partial charge in [0.2, 0.25) is 5.91 Å². The summed E-state index contributed by atoms with van der Waals surface area (Å²) in [7, 11) is 0. The van der Waals surface area contributed by atoms with E-state index in [4.69, 9.17) is 5.11 Å². The molecule has 2 aromatic rings. The van der Waals surface area contributed by atoms with Crippen LogP contribution in [0.2, 0.25) is 0 Å². The quantitative estimate of drug-likeness (QED) is 0.605. The number of carboxylic acid groups (broad SMARTS) is 1. The molecule has 0 unspecified atom stereocenters. The predicted octanol–water partition coefficient (Wildman–Crippen LogP) is 2.41. The van der Waals surface area contributed by atoms with Crippen LogP contribution in [0.15, 0.2) is 54.6 Å². The van der Waals surface area contributed by atoms with Crippen molar-refractivity contribution in [3.05, 3.63) is 71.3 Å². The van der Waals surface area contributed by atoms with Crippen LogP contribution >= 0.6 is 0 Å². The SMILES string of the molecule is O=C(O)CCN1C(=O)c2ccc(NC(=O)C=Cc3ccccc3)cc2C1=O. The zero-order valence-electron chi connectivity index (χ0n) is 14.2. The van der Waals surface area contributed by atoms with Crippen LogP contribution in [-0.2, 0) is 9.59 Å². The van der Waals surface area contributed by atoms with Gasteiger partial charge in [-0.25, -0.2) is 0 Å². The highest BCUT2D eigenvalue weighted by atomic mass is 16.4. The molecular weight excluding hydrogens is 348 g/mol. The minimum absolute atomic E-state index is 0.148. The van der Waals surface area contributed by atoms with Crippen molar-refractivity contribution in [1.29, 1.82) is 0 Å². The molecule has 7 nitrogen and oxygen atoms in total. The number of imide groups is 1. The topological polar surface area (TPSA) is 104 Å². The van der Waals surface area contributed by atoms with Crippen LogP contribution in [0, 0.1) is 0 Å². The third kappa shape index (κ3) is 4.09. The summed E-state index contributed by atoms with van der Waals surface area (Å²) in [5, 5.41) is 11.4. The average Bonchev–Trinajstić information content (AvgIpc) is 2.89. The molecule has 0 spiro atoms. The van der Waals surface area contributed by atoms with Gasteiger partial charge in [0, 0.05) is 18.3 Å². The van der Waals surface area contributed by atoms with Gasteiger partial charge < -0.3 is 10.4 Å². The Bertz CT molecular complexity index is 950. The van der Waals surface area contributed by atoms with Crippen LogP contribution < -0.4 is 5.32 Å². The molecule has 0 aliphatic carbocycles. The minimum atomic E-state index is -1.09. The van der Waals surface area contributed by atoms with E-state index >= 15 is 0 Å². The second kappa shape index (κ2) is 7.65.